The van der Waals surface area contributed by atoms with E-state index in [-0.39, 0.29) is 0 Å². The van der Waals surface area contributed by atoms with Crippen molar-refractivity contribution >= 4 is 23.3 Å². The number of para-hydroxylation sites is 1. The van der Waals surface area contributed by atoms with Crippen LogP contribution in [0.3, 0.4) is 0 Å². The van der Waals surface area contributed by atoms with Crippen molar-refractivity contribution in [2.75, 3.05) is 23.4 Å². The molecule has 28 heavy (non-hydrogen) atoms. The van der Waals surface area contributed by atoms with Crippen molar-refractivity contribution in [1.29, 1.82) is 0 Å². The molecule has 3 N–H and O–H groups in total. The minimum Gasteiger partial charge on any atom is -0.494 e. The molecule has 0 saturated heterocycles. The van der Waals surface area contributed by atoms with E-state index < -0.39 is 17.7 Å². The zero-order chi connectivity index (χ0) is 20.1. The van der Waals surface area contributed by atoms with Gasteiger partial charge in [-0.1, -0.05) is 31.5 Å². The van der Waals surface area contributed by atoms with Crippen molar-refractivity contribution in [1.82, 2.24) is 5.32 Å². The Bertz CT molecular complexity index is 853. The molecule has 0 radical (unpaired) electrons. The van der Waals surface area contributed by atoms with Crippen molar-refractivity contribution in [2.24, 2.45) is 0 Å². The molecule has 7 heteroatoms. The predicted octanol–water partition coefficient (Wildman–Crippen LogP) is 3.20. The Balaban J connectivity index is 2.05. The molecule has 2 aromatic rings. The number of amides is 3. The van der Waals surface area contributed by atoms with Crippen LogP contribution >= 0.6 is 0 Å². The van der Waals surface area contributed by atoms with Crippen LogP contribution in [0.15, 0.2) is 48.5 Å². The second-order valence-corrected chi connectivity index (χ2v) is 6.52. The standard InChI is InChI=1S/C21H25N3O4/c1-3-5-14-22-19(25)21(27)17-8-6-7-9-18(17)23-20(26)24(21)15-10-12-16(13-11-15)28-4-2/h6-13,27H,3-5,14H2,1-2H3,(H,22,25)(H,23,26). The summed E-state index contributed by atoms with van der Waals surface area (Å²) < 4.78 is 5.44. The summed E-state index contributed by atoms with van der Waals surface area (Å²) >= 11 is 0. The van der Waals surface area contributed by atoms with Crippen LogP contribution in [0.5, 0.6) is 5.75 Å². The fourth-order valence-electron chi connectivity index (χ4n) is 3.22. The Morgan fingerprint density at radius 1 is 1.18 bits per heavy atom. The van der Waals surface area contributed by atoms with Crippen LogP contribution in [-0.4, -0.2) is 30.2 Å². The summed E-state index contributed by atoms with van der Waals surface area (Å²) in [6.07, 6.45) is 1.68. The van der Waals surface area contributed by atoms with Crippen LogP contribution in [0.25, 0.3) is 0 Å². The van der Waals surface area contributed by atoms with Gasteiger partial charge in [-0.2, -0.15) is 0 Å². The van der Waals surface area contributed by atoms with Crippen LogP contribution in [0, 0.1) is 0 Å². The van der Waals surface area contributed by atoms with Gasteiger partial charge < -0.3 is 20.5 Å². The maximum absolute atomic E-state index is 13.0. The third-order valence-electron chi connectivity index (χ3n) is 4.61. The maximum atomic E-state index is 13.0. The van der Waals surface area contributed by atoms with Crippen molar-refractivity contribution < 1.29 is 19.4 Å². The molecular formula is C21H25N3O4. The lowest BCUT2D eigenvalue weighted by Gasteiger charge is -2.42. The molecule has 0 aliphatic carbocycles. The Hall–Kier alpha value is -3.06. The number of carbonyl (C=O) groups excluding carboxylic acids is 2. The number of anilines is 2. The molecule has 3 rings (SSSR count). The normalized spacial score (nSPS) is 18.2. The first-order chi connectivity index (χ1) is 13.5. The van der Waals surface area contributed by atoms with E-state index in [1.807, 2.05) is 13.8 Å². The number of hydrogen-bond acceptors (Lipinski definition) is 4. The molecule has 2 aromatic carbocycles. The molecule has 7 nitrogen and oxygen atoms in total. The number of nitrogens with zero attached hydrogens (tertiary/aromatic N) is 1. The quantitative estimate of drug-likeness (QED) is 0.641. The Labute approximate surface area is 164 Å². The topological polar surface area (TPSA) is 90.9 Å². The van der Waals surface area contributed by atoms with Gasteiger partial charge in [0.25, 0.3) is 11.6 Å². The van der Waals surface area contributed by atoms with Crippen molar-refractivity contribution in [2.45, 2.75) is 32.4 Å². The smallest absolute Gasteiger partial charge is 0.329 e. The molecule has 3 amide bonds. The van der Waals surface area contributed by atoms with E-state index in [4.69, 9.17) is 4.74 Å². The second kappa shape index (κ2) is 8.31. The van der Waals surface area contributed by atoms with Gasteiger partial charge in [-0.25, -0.2) is 4.79 Å². The predicted molar refractivity (Wildman–Crippen MR) is 107 cm³/mol. The third kappa shape index (κ3) is 3.53. The number of rotatable bonds is 7. The van der Waals surface area contributed by atoms with E-state index in [0.717, 1.165) is 17.7 Å². The van der Waals surface area contributed by atoms with Gasteiger partial charge in [0.2, 0.25) is 0 Å². The molecule has 1 atom stereocenters. The highest BCUT2D eigenvalue weighted by Gasteiger charge is 2.51. The molecule has 0 bridgehead atoms. The van der Waals surface area contributed by atoms with Crippen LogP contribution in [0.1, 0.15) is 32.3 Å². The average molecular weight is 383 g/mol. The molecule has 0 aromatic heterocycles. The minimum absolute atomic E-state index is 0.317. The number of urea groups is 1. The molecule has 1 aliphatic rings. The van der Waals surface area contributed by atoms with E-state index in [0.29, 0.717) is 35.8 Å². The third-order valence-corrected chi connectivity index (χ3v) is 4.61. The zero-order valence-electron chi connectivity index (χ0n) is 16.1. The number of carbonyl (C=O) groups is 2. The van der Waals surface area contributed by atoms with E-state index >= 15 is 0 Å². The van der Waals surface area contributed by atoms with E-state index in [2.05, 4.69) is 10.6 Å². The number of ether oxygens (including phenoxy) is 1. The lowest BCUT2D eigenvalue weighted by molar-refractivity contribution is -0.140. The monoisotopic (exact) mass is 383 g/mol. The second-order valence-electron chi connectivity index (χ2n) is 6.52. The molecule has 0 fully saturated rings. The van der Waals surface area contributed by atoms with Gasteiger partial charge in [0.15, 0.2) is 0 Å². The first kappa shape index (κ1) is 19.7. The molecule has 1 heterocycles. The highest BCUT2D eigenvalue weighted by molar-refractivity contribution is 6.11. The number of benzene rings is 2. The molecule has 1 aliphatic heterocycles. The average Bonchev–Trinajstić information content (AvgIpc) is 2.69. The zero-order valence-corrected chi connectivity index (χ0v) is 16.1. The van der Waals surface area contributed by atoms with Crippen molar-refractivity contribution in [3.63, 3.8) is 0 Å². The summed E-state index contributed by atoms with van der Waals surface area (Å²) in [5, 5.41) is 17.1. The van der Waals surface area contributed by atoms with Gasteiger partial charge in [-0.15, -0.1) is 0 Å². The highest BCUT2D eigenvalue weighted by Crippen LogP contribution is 2.40. The first-order valence-corrected chi connectivity index (χ1v) is 9.46. The maximum Gasteiger partial charge on any atom is 0.329 e. The lowest BCUT2D eigenvalue weighted by atomic mass is 9.94. The van der Waals surface area contributed by atoms with Gasteiger partial charge in [-0.05, 0) is 43.7 Å². The highest BCUT2D eigenvalue weighted by atomic mass is 16.5. The Morgan fingerprint density at radius 3 is 2.57 bits per heavy atom. The number of nitrogens with one attached hydrogen (secondary N) is 2. The molecule has 1 unspecified atom stereocenters. The summed E-state index contributed by atoms with van der Waals surface area (Å²) in [6.45, 7) is 4.82. The van der Waals surface area contributed by atoms with Crippen molar-refractivity contribution in [3.8, 4) is 5.75 Å². The Morgan fingerprint density at radius 2 is 1.89 bits per heavy atom. The Kier molecular flexibility index (Phi) is 5.84. The summed E-state index contributed by atoms with van der Waals surface area (Å²) in [5.74, 6) is -0.00265. The minimum atomic E-state index is -2.17. The number of aliphatic hydroxyl groups is 1. The van der Waals surface area contributed by atoms with Gasteiger partial charge >= 0.3 is 6.03 Å². The van der Waals surface area contributed by atoms with Gasteiger partial charge in [0.05, 0.1) is 12.3 Å². The van der Waals surface area contributed by atoms with Crippen LogP contribution < -0.4 is 20.3 Å². The summed E-state index contributed by atoms with van der Waals surface area (Å²) in [4.78, 5) is 27.0. The summed E-state index contributed by atoms with van der Waals surface area (Å²) in [6, 6.07) is 12.8. The number of hydrogen-bond donors (Lipinski definition) is 3. The van der Waals surface area contributed by atoms with Crippen molar-refractivity contribution in [3.05, 3.63) is 54.1 Å². The largest absolute Gasteiger partial charge is 0.494 e. The molecule has 0 saturated carbocycles. The van der Waals surface area contributed by atoms with Crippen LogP contribution in [0.4, 0.5) is 16.2 Å². The van der Waals surface area contributed by atoms with Crippen LogP contribution in [-0.2, 0) is 10.5 Å². The van der Waals surface area contributed by atoms with E-state index in [1.54, 1.807) is 48.5 Å². The van der Waals surface area contributed by atoms with Gasteiger partial charge in [-0.3, -0.25) is 9.69 Å². The molecular weight excluding hydrogens is 358 g/mol. The number of fused-ring (bicyclic) bond motifs is 1. The molecule has 0 spiro atoms. The summed E-state index contributed by atoms with van der Waals surface area (Å²) in [5.41, 5.74) is -1.07. The fraction of sp³-hybridized carbons (Fsp3) is 0.333. The lowest BCUT2D eigenvalue weighted by Crippen LogP contribution is -2.62. The first-order valence-electron chi connectivity index (χ1n) is 9.46. The summed E-state index contributed by atoms with van der Waals surface area (Å²) in [7, 11) is 0. The molecule has 148 valence electrons. The fourth-order valence-corrected chi connectivity index (χ4v) is 3.22. The van der Waals surface area contributed by atoms with Crippen LogP contribution in [0.2, 0.25) is 0 Å². The van der Waals surface area contributed by atoms with Gasteiger partial charge in [0, 0.05) is 17.8 Å². The van der Waals surface area contributed by atoms with E-state index in [9.17, 15) is 14.7 Å². The number of unbranched alkanes of at least 4 members (excludes halogenated alkanes) is 1. The van der Waals surface area contributed by atoms with E-state index in [1.165, 1.54) is 0 Å². The SMILES string of the molecule is CCCCNC(=O)C1(O)c2ccccc2NC(=O)N1c1ccc(OCC)cc1. The van der Waals surface area contributed by atoms with Gasteiger partial charge in [0.1, 0.15) is 5.75 Å².